The minimum atomic E-state index is -4.71. The van der Waals surface area contributed by atoms with E-state index >= 15 is 0 Å². The molecule has 0 aliphatic carbocycles. The van der Waals surface area contributed by atoms with Gasteiger partial charge < -0.3 is 14.6 Å². The topological polar surface area (TPSA) is 38.7 Å². The summed E-state index contributed by atoms with van der Waals surface area (Å²) in [5.41, 5.74) is 0.661. The van der Waals surface area contributed by atoms with Gasteiger partial charge >= 0.3 is 6.36 Å². The van der Waals surface area contributed by atoms with Crippen LogP contribution in [0.25, 0.3) is 0 Å². The second-order valence-electron chi connectivity index (χ2n) is 4.09. The van der Waals surface area contributed by atoms with E-state index in [1.165, 1.54) is 42.5 Å². The van der Waals surface area contributed by atoms with Crippen LogP contribution in [0.15, 0.2) is 42.5 Å². The molecule has 7 heteroatoms. The van der Waals surface area contributed by atoms with Crippen molar-refractivity contribution in [2.45, 2.75) is 13.0 Å². The fourth-order valence-electron chi connectivity index (χ4n) is 1.53. The molecule has 2 aromatic rings. The van der Waals surface area contributed by atoms with Gasteiger partial charge in [-0.3, -0.25) is 0 Å². The first kappa shape index (κ1) is 15.3. The molecule has 0 spiro atoms. The fraction of sp³-hybridized carbons (Fsp3) is 0.143. The number of phenols is 1. The number of phenolic OH excluding ortho intramolecular Hbond substituents is 1. The Morgan fingerprint density at radius 2 is 1.62 bits per heavy atom. The molecule has 0 heterocycles. The van der Waals surface area contributed by atoms with E-state index in [2.05, 4.69) is 4.74 Å². The Morgan fingerprint density at radius 3 is 2.19 bits per heavy atom. The number of hydrogen-bond donors (Lipinski definition) is 1. The molecule has 2 aromatic carbocycles. The second-order valence-corrected chi connectivity index (χ2v) is 4.50. The van der Waals surface area contributed by atoms with Crippen LogP contribution in [0.2, 0.25) is 5.02 Å². The quantitative estimate of drug-likeness (QED) is 0.900. The lowest BCUT2D eigenvalue weighted by atomic mass is 10.2. The Labute approximate surface area is 123 Å². The van der Waals surface area contributed by atoms with Crippen LogP contribution in [-0.2, 0) is 6.61 Å². The molecule has 21 heavy (non-hydrogen) atoms. The lowest BCUT2D eigenvalue weighted by Crippen LogP contribution is -2.17. The van der Waals surface area contributed by atoms with Crippen LogP contribution in [0, 0.1) is 0 Å². The van der Waals surface area contributed by atoms with Crippen LogP contribution in [0.4, 0.5) is 13.2 Å². The highest BCUT2D eigenvalue weighted by atomic mass is 35.5. The van der Waals surface area contributed by atoms with Crippen molar-refractivity contribution < 1.29 is 27.8 Å². The van der Waals surface area contributed by atoms with E-state index in [0.29, 0.717) is 11.3 Å². The predicted octanol–water partition coefficient (Wildman–Crippen LogP) is 4.52. The fourth-order valence-corrected chi connectivity index (χ4v) is 1.70. The molecule has 0 saturated carbocycles. The minimum absolute atomic E-state index is 0.0577. The third-order valence-corrected chi connectivity index (χ3v) is 2.78. The molecule has 0 amide bonds. The lowest BCUT2D eigenvalue weighted by Gasteiger charge is -2.10. The molecule has 0 aliphatic rings. The third kappa shape index (κ3) is 4.75. The Balaban J connectivity index is 1.96. The van der Waals surface area contributed by atoms with Gasteiger partial charge in [0.25, 0.3) is 0 Å². The van der Waals surface area contributed by atoms with Crippen molar-refractivity contribution in [1.82, 2.24) is 0 Å². The van der Waals surface area contributed by atoms with Crippen molar-refractivity contribution in [3.05, 3.63) is 53.1 Å². The minimum Gasteiger partial charge on any atom is -0.506 e. The molecule has 0 fully saturated rings. The van der Waals surface area contributed by atoms with Gasteiger partial charge in [0.1, 0.15) is 23.9 Å². The van der Waals surface area contributed by atoms with Crippen LogP contribution >= 0.6 is 11.6 Å². The van der Waals surface area contributed by atoms with Crippen molar-refractivity contribution in [2.24, 2.45) is 0 Å². The number of hydrogen-bond acceptors (Lipinski definition) is 3. The molecule has 0 atom stereocenters. The number of ether oxygens (including phenoxy) is 2. The van der Waals surface area contributed by atoms with Crippen molar-refractivity contribution in [1.29, 1.82) is 0 Å². The van der Waals surface area contributed by atoms with Gasteiger partial charge in [-0.05, 0) is 29.8 Å². The molecular weight excluding hydrogens is 309 g/mol. The summed E-state index contributed by atoms with van der Waals surface area (Å²) in [6, 6.07) is 9.69. The van der Waals surface area contributed by atoms with E-state index in [-0.39, 0.29) is 23.1 Å². The molecule has 0 unspecified atom stereocenters. The van der Waals surface area contributed by atoms with Crippen LogP contribution < -0.4 is 9.47 Å². The smallest absolute Gasteiger partial charge is 0.506 e. The standard InChI is InChI=1S/C14H10ClF3O3/c15-12-7-11(5-6-13(12)19)20-8-9-1-3-10(4-2-9)21-14(16,17)18/h1-7,19H,8H2. The van der Waals surface area contributed by atoms with Gasteiger partial charge in [0.15, 0.2) is 0 Å². The Hall–Kier alpha value is -2.08. The number of benzene rings is 2. The van der Waals surface area contributed by atoms with Gasteiger partial charge in [0.05, 0.1) is 5.02 Å². The Morgan fingerprint density at radius 1 is 1.00 bits per heavy atom. The first-order valence-electron chi connectivity index (χ1n) is 5.79. The normalized spacial score (nSPS) is 11.2. The van der Waals surface area contributed by atoms with Gasteiger partial charge in [0, 0.05) is 6.07 Å². The van der Waals surface area contributed by atoms with Crippen molar-refractivity contribution in [2.75, 3.05) is 0 Å². The maximum atomic E-state index is 12.0. The van der Waals surface area contributed by atoms with Gasteiger partial charge in [0.2, 0.25) is 0 Å². The number of aromatic hydroxyl groups is 1. The van der Waals surface area contributed by atoms with Crippen LogP contribution in [0.1, 0.15) is 5.56 Å². The van der Waals surface area contributed by atoms with E-state index in [9.17, 15) is 18.3 Å². The zero-order valence-corrected chi connectivity index (χ0v) is 11.3. The van der Waals surface area contributed by atoms with Gasteiger partial charge in [-0.15, -0.1) is 13.2 Å². The van der Waals surface area contributed by atoms with Crippen molar-refractivity contribution >= 4 is 11.6 Å². The van der Waals surface area contributed by atoms with Crippen LogP contribution in [-0.4, -0.2) is 11.5 Å². The lowest BCUT2D eigenvalue weighted by molar-refractivity contribution is -0.274. The molecule has 0 aromatic heterocycles. The van der Waals surface area contributed by atoms with Crippen LogP contribution in [0.5, 0.6) is 17.2 Å². The largest absolute Gasteiger partial charge is 0.573 e. The van der Waals surface area contributed by atoms with Gasteiger partial charge in [-0.25, -0.2) is 0 Å². The first-order chi connectivity index (χ1) is 9.83. The molecule has 0 saturated heterocycles. The summed E-state index contributed by atoms with van der Waals surface area (Å²) in [5.74, 6) is 0.0880. The number of rotatable bonds is 4. The molecule has 3 nitrogen and oxygen atoms in total. The maximum Gasteiger partial charge on any atom is 0.573 e. The zero-order chi connectivity index (χ0) is 15.5. The summed E-state index contributed by atoms with van der Waals surface area (Å²) in [5, 5.41) is 9.41. The zero-order valence-electron chi connectivity index (χ0n) is 10.5. The average Bonchev–Trinajstić information content (AvgIpc) is 2.40. The highest BCUT2D eigenvalue weighted by Crippen LogP contribution is 2.28. The Bertz CT molecular complexity index is 612. The average molecular weight is 319 g/mol. The van der Waals surface area contributed by atoms with E-state index < -0.39 is 6.36 Å². The monoisotopic (exact) mass is 318 g/mol. The molecular formula is C14H10ClF3O3. The number of alkyl halides is 3. The van der Waals surface area contributed by atoms with Crippen molar-refractivity contribution in [3.63, 3.8) is 0 Å². The molecule has 0 bridgehead atoms. The predicted molar refractivity (Wildman–Crippen MR) is 70.6 cm³/mol. The summed E-state index contributed by atoms with van der Waals surface area (Å²) in [6.07, 6.45) is -4.71. The van der Waals surface area contributed by atoms with Gasteiger partial charge in [-0.2, -0.15) is 0 Å². The first-order valence-corrected chi connectivity index (χ1v) is 6.17. The summed E-state index contributed by atoms with van der Waals surface area (Å²) in [6.45, 7) is 0.146. The van der Waals surface area contributed by atoms with E-state index in [0.717, 1.165) is 0 Å². The summed E-state index contributed by atoms with van der Waals surface area (Å²) >= 11 is 5.72. The molecule has 1 N–H and O–H groups in total. The Kier molecular flexibility index (Phi) is 4.47. The molecule has 112 valence electrons. The molecule has 0 aliphatic heterocycles. The van der Waals surface area contributed by atoms with E-state index in [1.54, 1.807) is 0 Å². The summed E-state index contributed by atoms with van der Waals surface area (Å²) in [7, 11) is 0. The van der Waals surface area contributed by atoms with Gasteiger partial charge in [-0.1, -0.05) is 23.7 Å². The summed E-state index contributed by atoms with van der Waals surface area (Å²) < 4.78 is 45.2. The molecule has 2 rings (SSSR count). The second kappa shape index (κ2) is 6.13. The summed E-state index contributed by atoms with van der Waals surface area (Å²) in [4.78, 5) is 0. The highest BCUT2D eigenvalue weighted by Gasteiger charge is 2.30. The van der Waals surface area contributed by atoms with Crippen LogP contribution in [0.3, 0.4) is 0 Å². The maximum absolute atomic E-state index is 12.0. The number of halogens is 4. The molecule has 0 radical (unpaired) electrons. The highest BCUT2D eigenvalue weighted by molar-refractivity contribution is 6.32. The third-order valence-electron chi connectivity index (χ3n) is 2.48. The SMILES string of the molecule is Oc1ccc(OCc2ccc(OC(F)(F)F)cc2)cc1Cl. The van der Waals surface area contributed by atoms with Crippen molar-refractivity contribution in [3.8, 4) is 17.2 Å². The van der Waals surface area contributed by atoms with E-state index in [1.807, 2.05) is 0 Å². The van der Waals surface area contributed by atoms with E-state index in [4.69, 9.17) is 16.3 Å².